The summed E-state index contributed by atoms with van der Waals surface area (Å²) < 4.78 is 11.0. The second-order valence-corrected chi connectivity index (χ2v) is 13.4. The Morgan fingerprint density at radius 1 is 0.382 bits per heavy atom. The van der Waals surface area contributed by atoms with E-state index in [1.165, 1.54) is 0 Å². The number of hydrogen-bond donors (Lipinski definition) is 0. The van der Waals surface area contributed by atoms with Gasteiger partial charge in [0, 0.05) is 43.9 Å². The van der Waals surface area contributed by atoms with Crippen LogP contribution in [0.4, 0.5) is 0 Å². The zero-order valence-electron chi connectivity index (χ0n) is 29.3. The summed E-state index contributed by atoms with van der Waals surface area (Å²) in [7, 11) is 0. The Bertz CT molecular complexity index is 3140. The van der Waals surface area contributed by atoms with Crippen molar-refractivity contribution < 1.29 is 4.42 Å². The summed E-state index contributed by atoms with van der Waals surface area (Å²) in [6.07, 6.45) is 0. The molecule has 11 aromatic rings. The number of fused-ring (bicyclic) bond motifs is 6. The fourth-order valence-electron chi connectivity index (χ4n) is 7.70. The summed E-state index contributed by atoms with van der Waals surface area (Å²) in [6.45, 7) is 0. The molecule has 8 heteroatoms. The molecule has 0 bridgehead atoms. The molecule has 4 aromatic heterocycles. The van der Waals surface area contributed by atoms with Gasteiger partial charge in [0.2, 0.25) is 17.7 Å². The van der Waals surface area contributed by atoms with Gasteiger partial charge in [0.05, 0.1) is 27.6 Å². The monoisotopic (exact) mass is 707 g/mol. The first-order valence-corrected chi connectivity index (χ1v) is 18.1. The molecule has 0 saturated carbocycles. The SMILES string of the molecule is c1ccc(-c2nc(-c3ccccc3)nc(-n3c4ccccc4c4ccc(-c5nnc(-c6cccc7c8ccccc8n(-c8ccccc8)c67)o5)cc43)n2)cc1. The summed E-state index contributed by atoms with van der Waals surface area (Å²) in [4.78, 5) is 15.1. The highest BCUT2D eigenvalue weighted by atomic mass is 16.4. The maximum atomic E-state index is 6.59. The molecule has 55 heavy (non-hydrogen) atoms. The lowest BCUT2D eigenvalue weighted by atomic mass is 10.1. The van der Waals surface area contributed by atoms with Crippen LogP contribution in [-0.2, 0) is 0 Å². The largest absolute Gasteiger partial charge is 0.416 e. The van der Waals surface area contributed by atoms with Crippen LogP contribution in [0.2, 0.25) is 0 Å². The van der Waals surface area contributed by atoms with Gasteiger partial charge in [-0.3, -0.25) is 4.57 Å². The molecule has 0 unspecified atom stereocenters. The third kappa shape index (κ3) is 5.04. The molecule has 0 amide bonds. The molecule has 258 valence electrons. The molecular weight excluding hydrogens is 679 g/mol. The molecule has 4 heterocycles. The van der Waals surface area contributed by atoms with Gasteiger partial charge in [-0.1, -0.05) is 133 Å². The van der Waals surface area contributed by atoms with Gasteiger partial charge in [-0.05, 0) is 42.5 Å². The summed E-state index contributed by atoms with van der Waals surface area (Å²) in [5.41, 5.74) is 8.53. The maximum Gasteiger partial charge on any atom is 0.250 e. The van der Waals surface area contributed by atoms with Crippen molar-refractivity contribution in [2.24, 2.45) is 0 Å². The van der Waals surface area contributed by atoms with Crippen molar-refractivity contribution in [3.63, 3.8) is 0 Å². The van der Waals surface area contributed by atoms with Crippen LogP contribution < -0.4 is 0 Å². The molecule has 0 aliphatic heterocycles. The van der Waals surface area contributed by atoms with Crippen LogP contribution in [0.25, 0.3) is 101 Å². The predicted molar refractivity (Wildman–Crippen MR) is 218 cm³/mol. The molecule has 11 rings (SSSR count). The van der Waals surface area contributed by atoms with Crippen molar-refractivity contribution in [3.05, 3.63) is 176 Å². The number of hydrogen-bond acceptors (Lipinski definition) is 6. The fourth-order valence-corrected chi connectivity index (χ4v) is 7.70. The van der Waals surface area contributed by atoms with Gasteiger partial charge in [-0.25, -0.2) is 4.98 Å². The van der Waals surface area contributed by atoms with Crippen LogP contribution >= 0.6 is 0 Å². The summed E-state index contributed by atoms with van der Waals surface area (Å²) in [6, 6.07) is 59.7. The van der Waals surface area contributed by atoms with Gasteiger partial charge in [-0.2, -0.15) is 9.97 Å². The number of aromatic nitrogens is 7. The summed E-state index contributed by atoms with van der Waals surface area (Å²) in [5, 5.41) is 13.7. The normalized spacial score (nSPS) is 11.6. The Kier molecular flexibility index (Phi) is 6.99. The number of para-hydroxylation sites is 4. The van der Waals surface area contributed by atoms with Crippen molar-refractivity contribution in [1.29, 1.82) is 0 Å². The number of rotatable bonds is 6. The molecule has 0 N–H and O–H groups in total. The topological polar surface area (TPSA) is 87.5 Å². The Labute approximate surface area is 314 Å². The average molecular weight is 708 g/mol. The quantitative estimate of drug-likeness (QED) is 0.171. The molecule has 8 nitrogen and oxygen atoms in total. The van der Waals surface area contributed by atoms with E-state index in [0.29, 0.717) is 29.4 Å². The fraction of sp³-hybridized carbons (Fsp3) is 0. The molecule has 0 aliphatic carbocycles. The molecule has 0 spiro atoms. The van der Waals surface area contributed by atoms with Gasteiger partial charge in [0.25, 0.3) is 0 Å². The van der Waals surface area contributed by atoms with Gasteiger partial charge in [-0.15, -0.1) is 10.2 Å². The van der Waals surface area contributed by atoms with Crippen LogP contribution in [0, 0.1) is 0 Å². The minimum atomic E-state index is 0.415. The molecule has 0 aliphatic rings. The van der Waals surface area contributed by atoms with E-state index >= 15 is 0 Å². The van der Waals surface area contributed by atoms with Gasteiger partial charge in [0.15, 0.2) is 11.6 Å². The van der Waals surface area contributed by atoms with Crippen LogP contribution in [0.15, 0.2) is 180 Å². The molecule has 0 fully saturated rings. The highest BCUT2D eigenvalue weighted by Gasteiger charge is 2.22. The Morgan fingerprint density at radius 2 is 0.927 bits per heavy atom. The zero-order chi connectivity index (χ0) is 36.3. The number of benzene rings is 7. The third-order valence-corrected chi connectivity index (χ3v) is 10.2. The van der Waals surface area contributed by atoms with Crippen molar-refractivity contribution in [2.75, 3.05) is 0 Å². The van der Waals surface area contributed by atoms with E-state index in [2.05, 4.69) is 116 Å². The van der Waals surface area contributed by atoms with Gasteiger partial charge < -0.3 is 8.98 Å². The maximum absolute atomic E-state index is 6.59. The lowest BCUT2D eigenvalue weighted by Gasteiger charge is -2.11. The second kappa shape index (κ2) is 12.5. The molecular formula is C47H29N7O. The van der Waals surface area contributed by atoms with Gasteiger partial charge >= 0.3 is 0 Å². The Balaban J connectivity index is 1.10. The second-order valence-electron chi connectivity index (χ2n) is 13.4. The summed E-state index contributed by atoms with van der Waals surface area (Å²) >= 11 is 0. The minimum Gasteiger partial charge on any atom is -0.416 e. The first-order valence-electron chi connectivity index (χ1n) is 18.1. The smallest absolute Gasteiger partial charge is 0.250 e. The van der Waals surface area contributed by atoms with Crippen molar-refractivity contribution in [2.45, 2.75) is 0 Å². The zero-order valence-corrected chi connectivity index (χ0v) is 29.3. The van der Waals surface area contributed by atoms with Crippen molar-refractivity contribution >= 4 is 43.6 Å². The van der Waals surface area contributed by atoms with E-state index < -0.39 is 0 Å². The standard InChI is InChI=1S/C47H29N7O/c1-4-15-30(16-5-1)43-48-44(31-17-6-2-7-18-31)50-47(49-43)54-40-26-13-10-21-34(40)36-28-27-32(29-41(36)54)45-51-52-46(55-45)38-24-14-23-37-35-22-11-12-25-39(35)53(42(37)38)33-19-8-3-9-20-33/h1-29H. The van der Waals surface area contributed by atoms with Crippen molar-refractivity contribution in [3.8, 4) is 57.3 Å². The van der Waals surface area contributed by atoms with E-state index in [-0.39, 0.29) is 0 Å². The van der Waals surface area contributed by atoms with Crippen LogP contribution in [0.3, 0.4) is 0 Å². The summed E-state index contributed by atoms with van der Waals surface area (Å²) in [5.74, 6) is 2.56. The molecule has 7 aromatic carbocycles. The molecule has 0 atom stereocenters. The van der Waals surface area contributed by atoms with E-state index in [9.17, 15) is 0 Å². The average Bonchev–Trinajstić information content (AvgIpc) is 3.98. The van der Waals surface area contributed by atoms with Crippen LogP contribution in [0.1, 0.15) is 0 Å². The predicted octanol–water partition coefficient (Wildman–Crippen LogP) is 11.1. The van der Waals surface area contributed by atoms with E-state index in [4.69, 9.17) is 19.4 Å². The van der Waals surface area contributed by atoms with Crippen LogP contribution in [-0.4, -0.2) is 34.3 Å². The lowest BCUT2D eigenvalue weighted by Crippen LogP contribution is -2.06. The molecule has 0 radical (unpaired) electrons. The van der Waals surface area contributed by atoms with E-state index in [0.717, 1.165) is 71.6 Å². The lowest BCUT2D eigenvalue weighted by molar-refractivity contribution is 0.585. The van der Waals surface area contributed by atoms with Gasteiger partial charge in [0.1, 0.15) is 0 Å². The van der Waals surface area contributed by atoms with Crippen LogP contribution in [0.5, 0.6) is 0 Å². The third-order valence-electron chi connectivity index (χ3n) is 10.2. The Hall–Kier alpha value is -7.71. The van der Waals surface area contributed by atoms with E-state index in [1.807, 2.05) is 78.9 Å². The highest BCUT2D eigenvalue weighted by Crippen LogP contribution is 2.39. The highest BCUT2D eigenvalue weighted by molar-refractivity contribution is 6.13. The molecule has 0 saturated heterocycles. The van der Waals surface area contributed by atoms with Crippen molar-refractivity contribution in [1.82, 2.24) is 34.3 Å². The first kappa shape index (κ1) is 30.9. The minimum absolute atomic E-state index is 0.415. The first-order chi connectivity index (χ1) is 27.3. The number of nitrogens with zero attached hydrogens (tertiary/aromatic N) is 7. The van der Waals surface area contributed by atoms with E-state index in [1.54, 1.807) is 0 Å². The Morgan fingerprint density at radius 3 is 1.62 bits per heavy atom.